The molecule has 9 heteroatoms. The maximum Gasteiger partial charge on any atom is 0.417 e. The molecule has 5 nitrogen and oxygen atoms in total. The summed E-state index contributed by atoms with van der Waals surface area (Å²) in [5.74, 6) is 0.425. The molecule has 1 N–H and O–H groups in total. The molecule has 2 heterocycles. The molecule has 1 aliphatic heterocycles. The third kappa shape index (κ3) is 5.23. The molecular weight excluding hydrogens is 437 g/mol. The first-order chi connectivity index (χ1) is 13.2. The molecular formula is C19H20BrF3N4O. The molecule has 0 aliphatic carbocycles. The van der Waals surface area contributed by atoms with Crippen LogP contribution in [-0.2, 0) is 11.0 Å². The fourth-order valence-corrected chi connectivity index (χ4v) is 3.51. The van der Waals surface area contributed by atoms with Gasteiger partial charge in [0.2, 0.25) is 5.91 Å². The zero-order valence-corrected chi connectivity index (χ0v) is 16.8. The van der Waals surface area contributed by atoms with E-state index < -0.39 is 11.7 Å². The van der Waals surface area contributed by atoms with Gasteiger partial charge in [0.25, 0.3) is 0 Å². The van der Waals surface area contributed by atoms with E-state index in [1.165, 1.54) is 6.07 Å². The number of pyridine rings is 1. The van der Waals surface area contributed by atoms with Crippen molar-refractivity contribution in [2.24, 2.45) is 0 Å². The van der Waals surface area contributed by atoms with Crippen molar-refractivity contribution in [3.8, 4) is 0 Å². The van der Waals surface area contributed by atoms with E-state index in [4.69, 9.17) is 0 Å². The first-order valence-corrected chi connectivity index (χ1v) is 9.58. The smallest absolute Gasteiger partial charge is 0.354 e. The van der Waals surface area contributed by atoms with E-state index in [0.29, 0.717) is 32.0 Å². The number of rotatable bonds is 4. The van der Waals surface area contributed by atoms with Crippen molar-refractivity contribution < 1.29 is 18.0 Å². The first-order valence-electron chi connectivity index (χ1n) is 8.79. The molecule has 1 amide bonds. The normalized spacial score (nSPS) is 15.5. The number of hydrogen-bond acceptors (Lipinski definition) is 4. The van der Waals surface area contributed by atoms with E-state index in [0.717, 1.165) is 28.0 Å². The maximum absolute atomic E-state index is 12.6. The number of aryl methyl sites for hydroxylation is 1. The van der Waals surface area contributed by atoms with Crippen LogP contribution in [-0.4, -0.2) is 48.5 Å². The van der Waals surface area contributed by atoms with Crippen molar-refractivity contribution in [2.45, 2.75) is 13.1 Å². The van der Waals surface area contributed by atoms with Crippen LogP contribution in [0.4, 0.5) is 24.7 Å². The second kappa shape index (κ2) is 8.48. The highest BCUT2D eigenvalue weighted by molar-refractivity contribution is 9.10. The molecule has 0 unspecified atom stereocenters. The number of nitrogens with one attached hydrogen (secondary N) is 1. The largest absolute Gasteiger partial charge is 0.417 e. The minimum absolute atomic E-state index is 0.0912. The number of anilines is 2. The van der Waals surface area contributed by atoms with Gasteiger partial charge < -0.3 is 10.2 Å². The molecule has 28 heavy (non-hydrogen) atoms. The van der Waals surface area contributed by atoms with Crippen molar-refractivity contribution >= 4 is 33.3 Å². The Kier molecular flexibility index (Phi) is 6.24. The average Bonchev–Trinajstić information content (AvgIpc) is 2.64. The molecule has 0 saturated carbocycles. The molecule has 3 rings (SSSR count). The number of carbonyl (C=O) groups is 1. The monoisotopic (exact) mass is 456 g/mol. The quantitative estimate of drug-likeness (QED) is 0.756. The van der Waals surface area contributed by atoms with Crippen LogP contribution in [0.3, 0.4) is 0 Å². The number of benzene rings is 1. The molecule has 0 spiro atoms. The lowest BCUT2D eigenvalue weighted by Gasteiger charge is -2.35. The maximum atomic E-state index is 12.6. The Labute approximate surface area is 169 Å². The summed E-state index contributed by atoms with van der Waals surface area (Å²) in [7, 11) is 0. The summed E-state index contributed by atoms with van der Waals surface area (Å²) in [6, 6.07) is 8.10. The Hall–Kier alpha value is -2.13. The van der Waals surface area contributed by atoms with Crippen LogP contribution in [0.25, 0.3) is 0 Å². The van der Waals surface area contributed by atoms with Gasteiger partial charge in [0.05, 0.1) is 12.1 Å². The van der Waals surface area contributed by atoms with E-state index in [-0.39, 0.29) is 12.5 Å². The Balaban J connectivity index is 1.50. The van der Waals surface area contributed by atoms with Crippen LogP contribution in [0.2, 0.25) is 0 Å². The van der Waals surface area contributed by atoms with E-state index in [9.17, 15) is 18.0 Å². The molecule has 1 fully saturated rings. The highest BCUT2D eigenvalue weighted by Crippen LogP contribution is 2.29. The Morgan fingerprint density at radius 1 is 1.18 bits per heavy atom. The lowest BCUT2D eigenvalue weighted by atomic mass is 10.2. The topological polar surface area (TPSA) is 48.5 Å². The van der Waals surface area contributed by atoms with Gasteiger partial charge in [-0.3, -0.25) is 9.69 Å². The van der Waals surface area contributed by atoms with Gasteiger partial charge in [0.15, 0.2) is 0 Å². The van der Waals surface area contributed by atoms with Gasteiger partial charge in [-0.1, -0.05) is 15.9 Å². The summed E-state index contributed by atoms with van der Waals surface area (Å²) in [5, 5.41) is 2.91. The van der Waals surface area contributed by atoms with Crippen LogP contribution in [0.5, 0.6) is 0 Å². The predicted molar refractivity (Wildman–Crippen MR) is 105 cm³/mol. The van der Waals surface area contributed by atoms with Crippen molar-refractivity contribution in [2.75, 3.05) is 42.9 Å². The molecule has 0 atom stereocenters. The predicted octanol–water partition coefficient (Wildman–Crippen LogP) is 3.93. The van der Waals surface area contributed by atoms with Gasteiger partial charge in [0, 0.05) is 42.5 Å². The Bertz CT molecular complexity index is 834. The molecule has 0 bridgehead atoms. The van der Waals surface area contributed by atoms with Crippen molar-refractivity contribution in [1.82, 2.24) is 9.88 Å². The lowest BCUT2D eigenvalue weighted by molar-refractivity contribution is -0.137. The summed E-state index contributed by atoms with van der Waals surface area (Å²) < 4.78 is 38.9. The number of carbonyl (C=O) groups excluding carboxylic acids is 1. The average molecular weight is 457 g/mol. The van der Waals surface area contributed by atoms with E-state index >= 15 is 0 Å². The van der Waals surface area contributed by atoms with E-state index in [2.05, 4.69) is 26.2 Å². The third-order valence-corrected chi connectivity index (χ3v) is 5.09. The number of halogens is 4. The minimum atomic E-state index is -4.38. The molecule has 2 aromatic rings. The van der Waals surface area contributed by atoms with Crippen LogP contribution in [0.1, 0.15) is 11.1 Å². The lowest BCUT2D eigenvalue weighted by Crippen LogP contribution is -2.49. The second-order valence-corrected chi connectivity index (χ2v) is 7.59. The SMILES string of the molecule is Cc1cc(Br)ccc1NC(=O)CN1CCN(c2ccc(C(F)(F)F)cn2)CC1. The number of hydrogen-bond donors (Lipinski definition) is 1. The summed E-state index contributed by atoms with van der Waals surface area (Å²) in [6.07, 6.45) is -3.53. The Morgan fingerprint density at radius 2 is 1.89 bits per heavy atom. The highest BCUT2D eigenvalue weighted by Gasteiger charge is 2.31. The van der Waals surface area contributed by atoms with Crippen molar-refractivity contribution in [1.29, 1.82) is 0 Å². The summed E-state index contributed by atoms with van der Waals surface area (Å²) in [5.41, 5.74) is 0.997. The minimum Gasteiger partial charge on any atom is -0.354 e. The van der Waals surface area contributed by atoms with Crippen molar-refractivity contribution in [3.63, 3.8) is 0 Å². The fourth-order valence-electron chi connectivity index (χ4n) is 3.04. The number of nitrogens with zero attached hydrogens (tertiary/aromatic N) is 3. The van der Waals surface area contributed by atoms with Gasteiger partial charge in [0.1, 0.15) is 5.82 Å². The summed E-state index contributed by atoms with van der Waals surface area (Å²) >= 11 is 3.39. The van der Waals surface area contributed by atoms with E-state index in [1.54, 1.807) is 0 Å². The Morgan fingerprint density at radius 3 is 2.46 bits per heavy atom. The van der Waals surface area contributed by atoms with Gasteiger partial charge in [-0.05, 0) is 42.8 Å². The number of piperazine rings is 1. The van der Waals surface area contributed by atoms with Crippen molar-refractivity contribution in [3.05, 3.63) is 52.1 Å². The van der Waals surface area contributed by atoms with Crippen LogP contribution in [0.15, 0.2) is 41.0 Å². The van der Waals surface area contributed by atoms with Gasteiger partial charge in [-0.2, -0.15) is 13.2 Å². The van der Waals surface area contributed by atoms with Gasteiger partial charge in [-0.15, -0.1) is 0 Å². The highest BCUT2D eigenvalue weighted by atomic mass is 79.9. The molecule has 1 aromatic heterocycles. The molecule has 150 valence electrons. The summed E-state index contributed by atoms with van der Waals surface area (Å²) in [6.45, 7) is 4.66. The zero-order chi connectivity index (χ0) is 20.3. The van der Waals surface area contributed by atoms with Crippen LogP contribution >= 0.6 is 15.9 Å². The molecule has 1 aromatic carbocycles. The van der Waals surface area contributed by atoms with E-state index in [1.807, 2.05) is 34.9 Å². The number of aromatic nitrogens is 1. The number of amides is 1. The molecule has 1 aliphatic rings. The fraction of sp³-hybridized carbons (Fsp3) is 0.368. The molecule has 1 saturated heterocycles. The first kappa shape index (κ1) is 20.6. The van der Waals surface area contributed by atoms with Crippen LogP contribution < -0.4 is 10.2 Å². The van der Waals surface area contributed by atoms with Gasteiger partial charge in [-0.25, -0.2) is 4.98 Å². The second-order valence-electron chi connectivity index (χ2n) is 6.67. The standard InChI is InChI=1S/C19H20BrF3N4O/c1-13-10-15(20)3-4-16(13)25-18(28)12-26-6-8-27(9-7-26)17-5-2-14(11-24-17)19(21,22)23/h2-5,10-11H,6-9,12H2,1H3,(H,25,28). The number of alkyl halides is 3. The van der Waals surface area contributed by atoms with Crippen LogP contribution in [0, 0.1) is 6.92 Å². The third-order valence-electron chi connectivity index (χ3n) is 4.60. The van der Waals surface area contributed by atoms with Gasteiger partial charge >= 0.3 is 6.18 Å². The molecule has 0 radical (unpaired) electrons. The summed E-state index contributed by atoms with van der Waals surface area (Å²) in [4.78, 5) is 20.2. The zero-order valence-electron chi connectivity index (χ0n) is 15.3.